The Labute approximate surface area is 172 Å². The second kappa shape index (κ2) is 8.02. The summed E-state index contributed by atoms with van der Waals surface area (Å²) in [6, 6.07) is 14.3. The van der Waals surface area contributed by atoms with Crippen LogP contribution in [0.25, 0.3) is 22.3 Å². The molecular formula is C22H19F3O4S. The lowest BCUT2D eigenvalue weighted by molar-refractivity contribution is -0.137. The van der Waals surface area contributed by atoms with E-state index in [1.165, 1.54) is 32.4 Å². The predicted molar refractivity (Wildman–Crippen MR) is 109 cm³/mol. The van der Waals surface area contributed by atoms with Gasteiger partial charge in [0.25, 0.3) is 0 Å². The first-order valence-electron chi connectivity index (χ1n) is 8.78. The maximum atomic E-state index is 13.4. The van der Waals surface area contributed by atoms with Gasteiger partial charge in [-0.15, -0.1) is 0 Å². The molecule has 0 unspecified atom stereocenters. The summed E-state index contributed by atoms with van der Waals surface area (Å²) >= 11 is 0. The molecule has 0 aliphatic carbocycles. The Morgan fingerprint density at radius 1 is 0.733 bits per heavy atom. The molecule has 0 spiro atoms. The van der Waals surface area contributed by atoms with Crippen molar-refractivity contribution in [3.63, 3.8) is 0 Å². The highest BCUT2D eigenvalue weighted by atomic mass is 32.2. The smallest absolute Gasteiger partial charge is 0.416 e. The van der Waals surface area contributed by atoms with E-state index in [1.807, 2.05) is 0 Å². The lowest BCUT2D eigenvalue weighted by Crippen LogP contribution is -2.05. The first kappa shape index (κ1) is 21.7. The molecular weight excluding hydrogens is 417 g/mol. The number of alkyl halides is 3. The fourth-order valence-corrected chi connectivity index (χ4v) is 3.73. The quantitative estimate of drug-likeness (QED) is 0.533. The topological polar surface area (TPSA) is 52.6 Å². The van der Waals surface area contributed by atoms with Crippen LogP contribution in [0.1, 0.15) is 5.56 Å². The highest BCUT2D eigenvalue weighted by Gasteiger charge is 2.31. The minimum Gasteiger partial charge on any atom is -0.493 e. The zero-order valence-electron chi connectivity index (χ0n) is 16.4. The van der Waals surface area contributed by atoms with E-state index in [0.717, 1.165) is 18.4 Å². The molecule has 0 heterocycles. The molecule has 0 fully saturated rings. The molecule has 30 heavy (non-hydrogen) atoms. The molecule has 0 aromatic heterocycles. The number of halogens is 3. The van der Waals surface area contributed by atoms with Crippen molar-refractivity contribution in [2.24, 2.45) is 0 Å². The van der Waals surface area contributed by atoms with Gasteiger partial charge in [0.15, 0.2) is 21.3 Å². The molecule has 0 saturated carbocycles. The van der Waals surface area contributed by atoms with Crippen molar-refractivity contribution < 1.29 is 31.1 Å². The number of hydrogen-bond acceptors (Lipinski definition) is 4. The Kier molecular flexibility index (Phi) is 5.81. The molecule has 3 aromatic carbocycles. The molecule has 0 aliphatic heterocycles. The molecule has 3 rings (SSSR count). The van der Waals surface area contributed by atoms with Crippen LogP contribution < -0.4 is 9.47 Å². The van der Waals surface area contributed by atoms with Gasteiger partial charge in [0.1, 0.15) is 0 Å². The van der Waals surface area contributed by atoms with Crippen molar-refractivity contribution >= 4 is 9.84 Å². The third-order valence-corrected chi connectivity index (χ3v) is 5.76. The van der Waals surface area contributed by atoms with E-state index in [1.54, 1.807) is 30.3 Å². The van der Waals surface area contributed by atoms with Crippen LogP contribution in [0.5, 0.6) is 11.5 Å². The van der Waals surface area contributed by atoms with Gasteiger partial charge >= 0.3 is 6.18 Å². The summed E-state index contributed by atoms with van der Waals surface area (Å²) in [6.45, 7) is 0. The molecule has 8 heteroatoms. The van der Waals surface area contributed by atoms with Gasteiger partial charge < -0.3 is 9.47 Å². The fraction of sp³-hybridized carbons (Fsp3) is 0.182. The van der Waals surface area contributed by atoms with E-state index < -0.39 is 21.6 Å². The third kappa shape index (κ3) is 4.43. The number of hydrogen-bond donors (Lipinski definition) is 0. The molecule has 3 aromatic rings. The molecule has 0 saturated heterocycles. The monoisotopic (exact) mass is 436 g/mol. The minimum absolute atomic E-state index is 0.130. The van der Waals surface area contributed by atoms with Crippen molar-refractivity contribution in [2.75, 3.05) is 20.5 Å². The summed E-state index contributed by atoms with van der Waals surface area (Å²) in [7, 11) is -0.474. The number of ether oxygens (including phenoxy) is 2. The van der Waals surface area contributed by atoms with Gasteiger partial charge in [0.2, 0.25) is 0 Å². The number of rotatable bonds is 5. The average Bonchev–Trinajstić information content (AvgIpc) is 2.71. The first-order chi connectivity index (χ1) is 14.0. The Morgan fingerprint density at radius 3 is 1.87 bits per heavy atom. The van der Waals surface area contributed by atoms with E-state index in [-0.39, 0.29) is 4.90 Å². The van der Waals surface area contributed by atoms with Gasteiger partial charge in [0, 0.05) is 6.26 Å². The van der Waals surface area contributed by atoms with E-state index in [4.69, 9.17) is 9.47 Å². The SMILES string of the molecule is COc1ccc(-c2cc(C(F)(F)F)ccc2-c2ccc(S(C)(=O)=O)cc2)cc1OC. The minimum atomic E-state index is -4.51. The van der Waals surface area contributed by atoms with Gasteiger partial charge in [-0.2, -0.15) is 13.2 Å². The molecule has 0 atom stereocenters. The van der Waals surface area contributed by atoms with Crippen LogP contribution >= 0.6 is 0 Å². The normalized spacial score (nSPS) is 11.9. The van der Waals surface area contributed by atoms with Gasteiger partial charge in [-0.3, -0.25) is 0 Å². The number of methoxy groups -OCH3 is 2. The number of benzene rings is 3. The van der Waals surface area contributed by atoms with Gasteiger partial charge in [0.05, 0.1) is 24.7 Å². The van der Waals surface area contributed by atoms with Crippen molar-refractivity contribution in [3.8, 4) is 33.8 Å². The predicted octanol–water partition coefficient (Wildman–Crippen LogP) is 5.46. The van der Waals surface area contributed by atoms with Crippen LogP contribution in [-0.2, 0) is 16.0 Å². The van der Waals surface area contributed by atoms with Crippen molar-refractivity contribution in [1.29, 1.82) is 0 Å². The Balaban J connectivity index is 2.22. The Hall–Kier alpha value is -3.00. The van der Waals surface area contributed by atoms with E-state index in [9.17, 15) is 21.6 Å². The molecule has 158 valence electrons. The summed E-state index contributed by atoms with van der Waals surface area (Å²) in [5.74, 6) is 0.832. The van der Waals surface area contributed by atoms with E-state index >= 15 is 0 Å². The summed E-state index contributed by atoms with van der Waals surface area (Å²) < 4.78 is 74.0. The first-order valence-corrected chi connectivity index (χ1v) is 10.7. The maximum Gasteiger partial charge on any atom is 0.416 e. The summed E-state index contributed by atoms with van der Waals surface area (Å²) in [6.07, 6.45) is -3.42. The highest BCUT2D eigenvalue weighted by molar-refractivity contribution is 7.90. The molecule has 0 aliphatic rings. The molecule has 0 radical (unpaired) electrons. The zero-order chi connectivity index (χ0) is 22.1. The molecule has 4 nitrogen and oxygen atoms in total. The fourth-order valence-electron chi connectivity index (χ4n) is 3.10. The van der Waals surface area contributed by atoms with Crippen LogP contribution in [-0.4, -0.2) is 28.9 Å². The third-order valence-electron chi connectivity index (χ3n) is 4.63. The van der Waals surface area contributed by atoms with Crippen LogP contribution in [0.3, 0.4) is 0 Å². The van der Waals surface area contributed by atoms with Gasteiger partial charge in [-0.1, -0.05) is 24.3 Å². The zero-order valence-corrected chi connectivity index (χ0v) is 17.3. The van der Waals surface area contributed by atoms with Crippen LogP contribution in [0.4, 0.5) is 13.2 Å². The molecule has 0 bridgehead atoms. The van der Waals surface area contributed by atoms with Crippen molar-refractivity contribution in [1.82, 2.24) is 0 Å². The molecule has 0 N–H and O–H groups in total. The van der Waals surface area contributed by atoms with Crippen LogP contribution in [0, 0.1) is 0 Å². The van der Waals surface area contributed by atoms with E-state index in [2.05, 4.69) is 0 Å². The standard InChI is InChI=1S/C22H19F3O4S/c1-28-20-11-6-15(12-21(20)29-2)19-13-16(22(23,24)25)7-10-18(19)14-4-8-17(9-5-14)30(3,26)27/h4-13H,1-3H3. The van der Waals surface area contributed by atoms with E-state index in [0.29, 0.717) is 33.8 Å². The van der Waals surface area contributed by atoms with Gasteiger partial charge in [-0.05, 0) is 58.7 Å². The average molecular weight is 436 g/mol. The van der Waals surface area contributed by atoms with Crippen molar-refractivity contribution in [3.05, 3.63) is 66.2 Å². The van der Waals surface area contributed by atoms with Crippen molar-refractivity contribution in [2.45, 2.75) is 11.1 Å². The molecule has 0 amide bonds. The highest BCUT2D eigenvalue weighted by Crippen LogP contribution is 2.40. The Bertz CT molecular complexity index is 1170. The largest absolute Gasteiger partial charge is 0.493 e. The van der Waals surface area contributed by atoms with Crippen LogP contribution in [0.15, 0.2) is 65.6 Å². The second-order valence-corrected chi connectivity index (χ2v) is 8.64. The Morgan fingerprint density at radius 2 is 1.33 bits per heavy atom. The lowest BCUT2D eigenvalue weighted by atomic mass is 9.92. The summed E-state index contributed by atoms with van der Waals surface area (Å²) in [4.78, 5) is 0.130. The number of sulfone groups is 1. The lowest BCUT2D eigenvalue weighted by Gasteiger charge is -2.16. The van der Waals surface area contributed by atoms with Crippen LogP contribution in [0.2, 0.25) is 0 Å². The summed E-state index contributed by atoms with van der Waals surface area (Å²) in [5.41, 5.74) is 1.15. The summed E-state index contributed by atoms with van der Waals surface area (Å²) in [5, 5.41) is 0. The van der Waals surface area contributed by atoms with Gasteiger partial charge in [-0.25, -0.2) is 8.42 Å². The second-order valence-electron chi connectivity index (χ2n) is 6.62. The maximum absolute atomic E-state index is 13.4.